The van der Waals surface area contributed by atoms with Crippen LogP contribution in [0.4, 0.5) is 11.5 Å². The van der Waals surface area contributed by atoms with E-state index in [2.05, 4.69) is 28.3 Å². The van der Waals surface area contributed by atoms with Crippen molar-refractivity contribution in [2.24, 2.45) is 0 Å². The lowest BCUT2D eigenvalue weighted by atomic mass is 10.1. The molecule has 0 saturated heterocycles. The number of rotatable bonds is 6. The first-order valence-electron chi connectivity index (χ1n) is 7.77. The molecule has 2 aromatic heterocycles. The molecule has 126 valence electrons. The summed E-state index contributed by atoms with van der Waals surface area (Å²) in [6, 6.07) is 8.03. The molecule has 0 aliphatic carbocycles. The van der Waals surface area contributed by atoms with Crippen LogP contribution in [0.25, 0.3) is 10.9 Å². The van der Waals surface area contributed by atoms with Gasteiger partial charge in [-0.25, -0.2) is 9.97 Å². The molecule has 0 saturated carbocycles. The second kappa shape index (κ2) is 7.23. The second-order valence-corrected chi connectivity index (χ2v) is 6.58. The predicted octanol–water partition coefficient (Wildman–Crippen LogP) is 3.69. The molecule has 0 aliphatic heterocycles. The van der Waals surface area contributed by atoms with Crippen molar-refractivity contribution in [1.29, 1.82) is 5.26 Å². The Hall–Kier alpha value is -3.05. The van der Waals surface area contributed by atoms with E-state index in [9.17, 15) is 15.4 Å². The fourth-order valence-corrected chi connectivity index (χ4v) is 3.30. The molecule has 8 heteroatoms. The van der Waals surface area contributed by atoms with Gasteiger partial charge in [-0.1, -0.05) is 6.92 Å². The lowest BCUT2D eigenvalue weighted by Crippen LogP contribution is -2.06. The lowest BCUT2D eigenvalue weighted by molar-refractivity contribution is -0.384. The van der Waals surface area contributed by atoms with E-state index >= 15 is 0 Å². The number of aromatic nitrogens is 2. The van der Waals surface area contributed by atoms with Gasteiger partial charge in [-0.3, -0.25) is 10.1 Å². The summed E-state index contributed by atoms with van der Waals surface area (Å²) in [7, 11) is 0. The van der Waals surface area contributed by atoms with Crippen molar-refractivity contribution in [3.8, 4) is 6.07 Å². The van der Waals surface area contributed by atoms with Crippen LogP contribution in [0.5, 0.6) is 0 Å². The summed E-state index contributed by atoms with van der Waals surface area (Å²) in [5.41, 5.74) is 0.857. The number of nitriles is 1. The minimum atomic E-state index is -0.481. The number of nitrogens with zero attached hydrogens (tertiary/aromatic N) is 4. The Morgan fingerprint density at radius 1 is 1.40 bits per heavy atom. The van der Waals surface area contributed by atoms with Gasteiger partial charge < -0.3 is 5.32 Å². The number of nitro benzene ring substituents is 1. The molecule has 7 nitrogen and oxygen atoms in total. The Balaban J connectivity index is 1.79. The molecule has 1 aromatic carbocycles. The highest BCUT2D eigenvalue weighted by atomic mass is 32.1. The second-order valence-electron chi connectivity index (χ2n) is 5.38. The van der Waals surface area contributed by atoms with Crippen molar-refractivity contribution in [3.63, 3.8) is 0 Å². The Labute approximate surface area is 148 Å². The zero-order valence-corrected chi connectivity index (χ0v) is 14.3. The number of nitro groups is 1. The summed E-state index contributed by atoms with van der Waals surface area (Å²) in [6.45, 7) is 2.75. The van der Waals surface area contributed by atoms with Crippen LogP contribution in [0.3, 0.4) is 0 Å². The first-order chi connectivity index (χ1) is 12.1. The maximum absolute atomic E-state index is 10.9. The summed E-state index contributed by atoms with van der Waals surface area (Å²) in [4.78, 5) is 20.5. The fraction of sp³-hybridized carbons (Fsp3) is 0.235. The molecule has 1 N–H and O–H groups in total. The maximum atomic E-state index is 10.9. The SMILES string of the molecule is CCc1cnc(CCNc2cc(C#N)c3cc([N+](=O)[O-])ccc3n2)s1. The Morgan fingerprint density at radius 3 is 2.92 bits per heavy atom. The Kier molecular flexibility index (Phi) is 4.86. The minimum Gasteiger partial charge on any atom is -0.370 e. The molecule has 0 bridgehead atoms. The molecule has 0 unspecified atom stereocenters. The monoisotopic (exact) mass is 353 g/mol. The number of benzene rings is 1. The Morgan fingerprint density at radius 2 is 2.24 bits per heavy atom. The average Bonchev–Trinajstić information content (AvgIpc) is 3.08. The molecular weight excluding hydrogens is 338 g/mol. The molecule has 0 spiro atoms. The van der Waals surface area contributed by atoms with Crippen molar-refractivity contribution in [1.82, 2.24) is 9.97 Å². The average molecular weight is 353 g/mol. The van der Waals surface area contributed by atoms with Crippen LogP contribution in [0, 0.1) is 21.4 Å². The number of aryl methyl sites for hydroxylation is 1. The minimum absolute atomic E-state index is 0.0537. The van der Waals surface area contributed by atoms with E-state index in [0.717, 1.165) is 17.8 Å². The highest BCUT2D eigenvalue weighted by molar-refractivity contribution is 7.11. The smallest absolute Gasteiger partial charge is 0.270 e. The van der Waals surface area contributed by atoms with Crippen LogP contribution in [-0.4, -0.2) is 21.4 Å². The summed E-state index contributed by atoms with van der Waals surface area (Å²) in [5, 5.41) is 25.0. The highest BCUT2D eigenvalue weighted by Gasteiger charge is 2.11. The topological polar surface area (TPSA) is 105 Å². The zero-order chi connectivity index (χ0) is 17.8. The number of thiazole rings is 1. The molecule has 2 heterocycles. The fourth-order valence-electron chi connectivity index (χ4n) is 2.43. The Bertz CT molecular complexity index is 977. The van der Waals surface area contributed by atoms with Crippen molar-refractivity contribution < 1.29 is 4.92 Å². The van der Waals surface area contributed by atoms with Gasteiger partial charge in [-0.05, 0) is 18.6 Å². The lowest BCUT2D eigenvalue weighted by Gasteiger charge is -2.07. The summed E-state index contributed by atoms with van der Waals surface area (Å²) >= 11 is 1.69. The van der Waals surface area contributed by atoms with Gasteiger partial charge in [0, 0.05) is 41.6 Å². The molecule has 0 radical (unpaired) electrons. The number of pyridine rings is 1. The molecule has 25 heavy (non-hydrogen) atoms. The zero-order valence-electron chi connectivity index (χ0n) is 13.5. The molecule has 3 rings (SSSR count). The van der Waals surface area contributed by atoms with Crippen LogP contribution >= 0.6 is 11.3 Å². The quantitative estimate of drug-likeness (QED) is 0.535. The third-order valence-corrected chi connectivity index (χ3v) is 4.92. The third-order valence-electron chi connectivity index (χ3n) is 3.72. The number of nitrogens with one attached hydrogen (secondary N) is 1. The molecule has 3 aromatic rings. The molecule has 0 aliphatic rings. The van der Waals surface area contributed by atoms with E-state index < -0.39 is 4.92 Å². The van der Waals surface area contributed by atoms with Crippen molar-refractivity contribution in [2.45, 2.75) is 19.8 Å². The van der Waals surface area contributed by atoms with E-state index in [-0.39, 0.29) is 5.69 Å². The highest BCUT2D eigenvalue weighted by Crippen LogP contribution is 2.25. The van der Waals surface area contributed by atoms with Gasteiger partial charge in [0.2, 0.25) is 0 Å². The van der Waals surface area contributed by atoms with Crippen molar-refractivity contribution in [2.75, 3.05) is 11.9 Å². The van der Waals surface area contributed by atoms with Crippen molar-refractivity contribution in [3.05, 3.63) is 56.0 Å². The standard InChI is InChI=1S/C17H15N5O2S/c1-2-13-10-20-17(25-13)5-6-19-16-7-11(9-18)14-8-12(22(23)24)3-4-15(14)21-16/h3-4,7-8,10H,2,5-6H2,1H3,(H,19,21). The largest absolute Gasteiger partial charge is 0.370 e. The van der Waals surface area contributed by atoms with Gasteiger partial charge in [-0.2, -0.15) is 5.26 Å². The van der Waals surface area contributed by atoms with Crippen LogP contribution in [0.1, 0.15) is 22.4 Å². The molecule has 0 atom stereocenters. The normalized spacial score (nSPS) is 10.6. The number of non-ortho nitro benzene ring substituents is 1. The first-order valence-corrected chi connectivity index (χ1v) is 8.59. The van der Waals surface area contributed by atoms with E-state index in [1.165, 1.54) is 17.0 Å². The molecule has 0 fully saturated rings. The van der Waals surface area contributed by atoms with Crippen molar-refractivity contribution >= 4 is 33.7 Å². The van der Waals surface area contributed by atoms with Crippen LogP contribution in [-0.2, 0) is 12.8 Å². The van der Waals surface area contributed by atoms with Gasteiger partial charge in [0.15, 0.2) is 0 Å². The van der Waals surface area contributed by atoms with Gasteiger partial charge in [0.05, 0.1) is 27.1 Å². The van der Waals surface area contributed by atoms with Crippen LogP contribution < -0.4 is 5.32 Å². The number of hydrogen-bond donors (Lipinski definition) is 1. The maximum Gasteiger partial charge on any atom is 0.270 e. The summed E-state index contributed by atoms with van der Waals surface area (Å²) < 4.78 is 0. The number of hydrogen-bond acceptors (Lipinski definition) is 7. The first kappa shape index (κ1) is 16.8. The summed E-state index contributed by atoms with van der Waals surface area (Å²) in [6.07, 6.45) is 3.65. The third kappa shape index (κ3) is 3.72. The van der Waals surface area contributed by atoms with Gasteiger partial charge in [-0.15, -0.1) is 11.3 Å². The van der Waals surface area contributed by atoms with E-state index in [1.54, 1.807) is 23.5 Å². The van der Waals surface area contributed by atoms with E-state index in [1.807, 2.05) is 6.20 Å². The number of anilines is 1. The summed E-state index contributed by atoms with van der Waals surface area (Å²) in [5.74, 6) is 0.574. The van der Waals surface area contributed by atoms with Gasteiger partial charge in [0.1, 0.15) is 5.82 Å². The molecular formula is C17H15N5O2S. The predicted molar refractivity (Wildman–Crippen MR) is 96.8 cm³/mol. The number of fused-ring (bicyclic) bond motifs is 1. The van der Waals surface area contributed by atoms with Crippen LogP contribution in [0.2, 0.25) is 0 Å². The van der Waals surface area contributed by atoms with Gasteiger partial charge in [0.25, 0.3) is 5.69 Å². The van der Waals surface area contributed by atoms with E-state index in [4.69, 9.17) is 0 Å². The van der Waals surface area contributed by atoms with Gasteiger partial charge >= 0.3 is 0 Å². The van der Waals surface area contributed by atoms with Crippen LogP contribution in [0.15, 0.2) is 30.5 Å². The van der Waals surface area contributed by atoms with E-state index in [0.29, 0.717) is 28.8 Å². The molecule has 0 amide bonds.